The SMILES string of the molecule is CC(=O)c1cc(C(C)C)c(C(C)C)o1.CC(C)c1cc(C(=O)O)oc1C(C)C.[CH3-].[Li+]. The molecule has 0 aliphatic carbocycles. The van der Waals surface area contributed by atoms with Crippen LogP contribution in [0.1, 0.15) is 130 Å². The zero-order chi connectivity index (χ0) is 21.8. The number of furan rings is 2. The third-order valence-corrected chi connectivity index (χ3v) is 4.43. The number of carboxylic acids is 1. The molecule has 0 saturated carbocycles. The van der Waals surface area contributed by atoms with Crippen molar-refractivity contribution in [3.05, 3.63) is 53.7 Å². The normalized spacial score (nSPS) is 10.6. The van der Waals surface area contributed by atoms with Crippen LogP contribution in [0.2, 0.25) is 0 Å². The van der Waals surface area contributed by atoms with Crippen molar-refractivity contribution < 1.29 is 42.4 Å². The van der Waals surface area contributed by atoms with Gasteiger partial charge in [0.05, 0.1) is 0 Å². The molecule has 6 heteroatoms. The van der Waals surface area contributed by atoms with Crippen LogP contribution in [-0.4, -0.2) is 16.9 Å². The Kier molecular flexibility index (Phi) is 13.1. The molecule has 2 aromatic rings. The summed E-state index contributed by atoms with van der Waals surface area (Å²) in [7, 11) is 0. The van der Waals surface area contributed by atoms with Crippen LogP contribution in [0.15, 0.2) is 21.0 Å². The van der Waals surface area contributed by atoms with Crippen LogP contribution < -0.4 is 18.9 Å². The maximum atomic E-state index is 11.2. The summed E-state index contributed by atoms with van der Waals surface area (Å²) in [5.74, 6) is 2.52. The summed E-state index contributed by atoms with van der Waals surface area (Å²) in [6.45, 7) is 18.0. The zero-order valence-corrected chi connectivity index (χ0v) is 20.5. The molecule has 0 unspecified atom stereocenters. The van der Waals surface area contributed by atoms with Gasteiger partial charge in [0.15, 0.2) is 11.5 Å². The number of hydrogen-bond acceptors (Lipinski definition) is 4. The first-order chi connectivity index (χ1) is 12.9. The largest absolute Gasteiger partial charge is 1.00 e. The zero-order valence-electron chi connectivity index (χ0n) is 20.5. The van der Waals surface area contributed by atoms with E-state index in [9.17, 15) is 9.59 Å². The summed E-state index contributed by atoms with van der Waals surface area (Å²) >= 11 is 0. The van der Waals surface area contributed by atoms with Crippen LogP contribution in [0, 0.1) is 7.43 Å². The van der Waals surface area contributed by atoms with E-state index in [4.69, 9.17) is 13.9 Å². The smallest absolute Gasteiger partial charge is 0.475 e. The van der Waals surface area contributed by atoms with E-state index < -0.39 is 5.97 Å². The van der Waals surface area contributed by atoms with Gasteiger partial charge in [-0.15, -0.1) is 0 Å². The van der Waals surface area contributed by atoms with Gasteiger partial charge < -0.3 is 21.4 Å². The summed E-state index contributed by atoms with van der Waals surface area (Å²) in [4.78, 5) is 21.9. The maximum absolute atomic E-state index is 11.2. The minimum Gasteiger partial charge on any atom is -0.475 e. The molecule has 0 atom stereocenters. The molecule has 0 spiro atoms. The van der Waals surface area contributed by atoms with Crippen LogP contribution in [0.25, 0.3) is 0 Å². The number of aromatic carboxylic acids is 1. The van der Waals surface area contributed by atoms with Gasteiger partial charge in [0.1, 0.15) is 11.5 Å². The molecule has 0 fully saturated rings. The van der Waals surface area contributed by atoms with Crippen molar-refractivity contribution in [2.75, 3.05) is 0 Å². The second-order valence-electron chi connectivity index (χ2n) is 8.34. The van der Waals surface area contributed by atoms with E-state index in [1.165, 1.54) is 6.92 Å². The van der Waals surface area contributed by atoms with E-state index in [0.717, 1.165) is 22.6 Å². The van der Waals surface area contributed by atoms with E-state index >= 15 is 0 Å². The summed E-state index contributed by atoms with van der Waals surface area (Å²) in [6.07, 6.45) is 0. The van der Waals surface area contributed by atoms with Crippen LogP contribution in [0.3, 0.4) is 0 Å². The van der Waals surface area contributed by atoms with Gasteiger partial charge in [-0.1, -0.05) is 55.4 Å². The molecule has 0 bridgehead atoms. The van der Waals surface area contributed by atoms with Gasteiger partial charge in [0, 0.05) is 18.8 Å². The molecule has 30 heavy (non-hydrogen) atoms. The monoisotopic (exact) mass is 412 g/mol. The van der Waals surface area contributed by atoms with E-state index in [0.29, 0.717) is 23.5 Å². The fourth-order valence-electron chi connectivity index (χ4n) is 2.92. The van der Waals surface area contributed by atoms with E-state index in [1.54, 1.807) is 6.07 Å². The van der Waals surface area contributed by atoms with Gasteiger partial charge >= 0.3 is 24.8 Å². The van der Waals surface area contributed by atoms with Crippen molar-refractivity contribution >= 4 is 11.8 Å². The van der Waals surface area contributed by atoms with E-state index in [1.807, 2.05) is 33.8 Å². The van der Waals surface area contributed by atoms with Crippen molar-refractivity contribution in [1.82, 2.24) is 0 Å². The first-order valence-corrected chi connectivity index (χ1v) is 9.88. The molecule has 1 N–H and O–H groups in total. The third kappa shape index (κ3) is 7.85. The standard InChI is InChI=1S/C12H18O2.C11H16O3.CH3.Li/c1-7(2)10-6-11(9(5)13)14-12(10)8(3)4;1-6(2)8-5-9(11(12)13)14-10(8)7(3)4;;/h6-8H,1-5H3;5-7H,1-4H3,(H,12,13);1H3;/q;;-1;+1. The third-order valence-electron chi connectivity index (χ3n) is 4.43. The maximum Gasteiger partial charge on any atom is 1.00 e. The van der Waals surface area contributed by atoms with Crippen molar-refractivity contribution in [2.24, 2.45) is 0 Å². The molecule has 0 aromatic carbocycles. The number of Topliss-reactive ketones (excluding diaryl/α,β-unsaturated/α-hetero) is 1. The number of carboxylic acid groups (broad SMARTS) is 1. The molecule has 2 aromatic heterocycles. The molecule has 164 valence electrons. The van der Waals surface area contributed by atoms with Crippen LogP contribution in [0.5, 0.6) is 0 Å². The molecule has 0 saturated heterocycles. The predicted octanol–water partition coefficient (Wildman–Crippen LogP) is 4.41. The second kappa shape index (κ2) is 12.9. The Morgan fingerprint density at radius 2 is 1.07 bits per heavy atom. The average molecular weight is 412 g/mol. The van der Waals surface area contributed by atoms with Crippen LogP contribution in [0.4, 0.5) is 0 Å². The first kappa shape index (κ1) is 30.5. The topological polar surface area (TPSA) is 80.7 Å². The van der Waals surface area contributed by atoms with Gasteiger partial charge in [0.2, 0.25) is 5.76 Å². The van der Waals surface area contributed by atoms with Gasteiger partial charge in [0.25, 0.3) is 0 Å². The van der Waals surface area contributed by atoms with Gasteiger partial charge in [-0.2, -0.15) is 0 Å². The van der Waals surface area contributed by atoms with Crippen molar-refractivity contribution in [1.29, 1.82) is 0 Å². The van der Waals surface area contributed by atoms with Gasteiger partial charge in [-0.05, 0) is 35.1 Å². The Morgan fingerprint density at radius 3 is 1.30 bits per heavy atom. The van der Waals surface area contributed by atoms with Crippen molar-refractivity contribution in [2.45, 2.75) is 86.0 Å². The van der Waals surface area contributed by atoms with Gasteiger partial charge in [-0.25, -0.2) is 4.79 Å². The molecule has 2 heterocycles. The fourth-order valence-corrected chi connectivity index (χ4v) is 2.92. The Hall–Kier alpha value is -1.70. The molecular formula is C24H37LiO5. The summed E-state index contributed by atoms with van der Waals surface area (Å²) in [6, 6.07) is 3.50. The summed E-state index contributed by atoms with van der Waals surface area (Å²) in [5.41, 5.74) is 2.16. The van der Waals surface area contributed by atoms with Crippen LogP contribution >= 0.6 is 0 Å². The van der Waals surface area contributed by atoms with Crippen molar-refractivity contribution in [3.8, 4) is 0 Å². The fraction of sp³-hybridized carbons (Fsp3) is 0.542. The Morgan fingerprint density at radius 1 is 0.733 bits per heavy atom. The number of rotatable bonds is 6. The Bertz CT molecular complexity index is 690. The second-order valence-corrected chi connectivity index (χ2v) is 8.34. The Balaban J connectivity index is 0. The molecule has 5 nitrogen and oxygen atoms in total. The Labute approximate surface area is 193 Å². The minimum absolute atomic E-state index is 0. The van der Waals surface area contributed by atoms with E-state index in [-0.39, 0.29) is 43.7 Å². The molecule has 0 aliphatic rings. The molecule has 2 rings (SSSR count). The number of hydrogen-bond donors (Lipinski definition) is 1. The molecular weight excluding hydrogens is 375 g/mol. The first-order valence-electron chi connectivity index (χ1n) is 9.88. The predicted molar refractivity (Wildman–Crippen MR) is 117 cm³/mol. The number of carbonyl (C=O) groups is 2. The molecule has 0 amide bonds. The van der Waals surface area contributed by atoms with Gasteiger partial charge in [-0.3, -0.25) is 4.79 Å². The average Bonchev–Trinajstić information content (AvgIpc) is 3.20. The minimum atomic E-state index is -1.00. The molecule has 0 radical (unpaired) electrons. The van der Waals surface area contributed by atoms with Crippen LogP contribution in [-0.2, 0) is 0 Å². The number of ketones is 1. The van der Waals surface area contributed by atoms with Crippen molar-refractivity contribution in [3.63, 3.8) is 0 Å². The summed E-state index contributed by atoms with van der Waals surface area (Å²) < 4.78 is 10.8. The summed E-state index contributed by atoms with van der Waals surface area (Å²) in [5, 5.41) is 8.79. The van der Waals surface area contributed by atoms with E-state index in [2.05, 4.69) is 27.7 Å². The molecule has 0 aliphatic heterocycles. The quantitative estimate of drug-likeness (QED) is 0.432. The number of carbonyl (C=O) groups excluding carboxylic acids is 1.